The number of rotatable bonds is 3. The van der Waals surface area contributed by atoms with Gasteiger partial charge in [-0.3, -0.25) is 4.79 Å². The molecule has 0 atom stereocenters. The minimum Gasteiger partial charge on any atom is -0.388 e. The highest BCUT2D eigenvalue weighted by atomic mass is 16.5. The Morgan fingerprint density at radius 1 is 1.47 bits per heavy atom. The van der Waals surface area contributed by atoms with E-state index >= 15 is 0 Å². The lowest BCUT2D eigenvalue weighted by Gasteiger charge is -2.32. The topological polar surface area (TPSA) is 70.6 Å². The minimum absolute atomic E-state index is 0.0681. The van der Waals surface area contributed by atoms with Crippen LogP contribution < -0.4 is 10.6 Å². The molecule has 2 saturated heterocycles. The van der Waals surface area contributed by atoms with Gasteiger partial charge in [-0.1, -0.05) is 0 Å². The largest absolute Gasteiger partial charge is 0.388 e. The van der Waals surface area contributed by atoms with Crippen molar-refractivity contribution in [1.82, 2.24) is 10.6 Å². The van der Waals surface area contributed by atoms with Crippen LogP contribution in [-0.2, 0) is 9.53 Å². The molecule has 1 amide bonds. The van der Waals surface area contributed by atoms with Crippen molar-refractivity contribution >= 4 is 5.91 Å². The van der Waals surface area contributed by atoms with E-state index in [1.807, 2.05) is 6.92 Å². The standard InChI is InChI=1S/C12H20N2O3/c1-9(10-6-13-7-10)11(15)14-8-12(16)2-4-17-5-3-12/h13,16H,2-8H2,1H3,(H,14,15). The second-order valence-electron chi connectivity index (χ2n) is 4.85. The van der Waals surface area contributed by atoms with Crippen molar-refractivity contribution in [2.75, 3.05) is 32.8 Å². The van der Waals surface area contributed by atoms with E-state index in [1.165, 1.54) is 0 Å². The van der Waals surface area contributed by atoms with Gasteiger partial charge in [-0.05, 0) is 12.5 Å². The van der Waals surface area contributed by atoms with Crippen molar-refractivity contribution in [2.45, 2.75) is 25.4 Å². The molecule has 0 aromatic carbocycles. The van der Waals surface area contributed by atoms with Gasteiger partial charge in [0.15, 0.2) is 0 Å². The summed E-state index contributed by atoms with van der Waals surface area (Å²) < 4.78 is 5.19. The Morgan fingerprint density at radius 2 is 2.12 bits per heavy atom. The van der Waals surface area contributed by atoms with E-state index in [0.29, 0.717) is 32.6 Å². The van der Waals surface area contributed by atoms with Crippen molar-refractivity contribution in [3.63, 3.8) is 0 Å². The van der Waals surface area contributed by atoms with Gasteiger partial charge in [0.2, 0.25) is 5.91 Å². The van der Waals surface area contributed by atoms with Gasteiger partial charge in [-0.2, -0.15) is 0 Å². The maximum absolute atomic E-state index is 11.8. The fourth-order valence-electron chi connectivity index (χ4n) is 1.98. The van der Waals surface area contributed by atoms with E-state index in [1.54, 1.807) is 0 Å². The van der Waals surface area contributed by atoms with E-state index in [0.717, 1.165) is 24.2 Å². The number of hydrogen-bond donors (Lipinski definition) is 3. The predicted octanol–water partition coefficient (Wildman–Crippen LogP) is -0.436. The van der Waals surface area contributed by atoms with Crippen LogP contribution >= 0.6 is 0 Å². The predicted molar refractivity (Wildman–Crippen MR) is 63.6 cm³/mol. The zero-order chi connectivity index (χ0) is 12.3. The number of carbonyl (C=O) groups excluding carboxylic acids is 1. The number of amides is 1. The normalized spacial score (nSPS) is 22.8. The maximum Gasteiger partial charge on any atom is 0.247 e. The lowest BCUT2D eigenvalue weighted by Crippen LogP contribution is -2.47. The van der Waals surface area contributed by atoms with Crippen LogP contribution in [-0.4, -0.2) is 49.5 Å². The third-order valence-electron chi connectivity index (χ3n) is 3.55. The first kappa shape index (κ1) is 12.5. The van der Waals surface area contributed by atoms with Crippen molar-refractivity contribution < 1.29 is 14.6 Å². The molecule has 0 spiro atoms. The van der Waals surface area contributed by atoms with Gasteiger partial charge in [0.05, 0.1) is 5.60 Å². The molecular formula is C12H20N2O3. The molecular weight excluding hydrogens is 220 g/mol. The van der Waals surface area contributed by atoms with Gasteiger partial charge >= 0.3 is 0 Å². The number of hydrogen-bond acceptors (Lipinski definition) is 4. The Labute approximate surface area is 101 Å². The van der Waals surface area contributed by atoms with E-state index in [9.17, 15) is 9.90 Å². The Hall–Kier alpha value is -0.910. The summed E-state index contributed by atoms with van der Waals surface area (Å²) in [6, 6.07) is 0. The van der Waals surface area contributed by atoms with E-state index in [2.05, 4.69) is 10.6 Å². The van der Waals surface area contributed by atoms with Crippen molar-refractivity contribution in [3.05, 3.63) is 11.1 Å². The monoisotopic (exact) mass is 240 g/mol. The first-order valence-electron chi connectivity index (χ1n) is 6.08. The molecule has 96 valence electrons. The SMILES string of the molecule is CC(C(=O)NCC1(O)CCOCC1)=C1CNC1. The lowest BCUT2D eigenvalue weighted by atomic mass is 9.94. The molecule has 2 heterocycles. The molecule has 3 N–H and O–H groups in total. The summed E-state index contributed by atoms with van der Waals surface area (Å²) in [5, 5.41) is 16.1. The highest BCUT2D eigenvalue weighted by Crippen LogP contribution is 2.19. The van der Waals surface area contributed by atoms with Crippen LogP contribution in [0.1, 0.15) is 19.8 Å². The molecule has 0 radical (unpaired) electrons. The van der Waals surface area contributed by atoms with Gasteiger partial charge in [0.1, 0.15) is 0 Å². The van der Waals surface area contributed by atoms with Crippen LogP contribution in [0.4, 0.5) is 0 Å². The Bertz CT molecular complexity index is 327. The molecule has 0 aliphatic carbocycles. The minimum atomic E-state index is -0.795. The van der Waals surface area contributed by atoms with Gasteiger partial charge in [0, 0.05) is 51.3 Å². The van der Waals surface area contributed by atoms with Crippen molar-refractivity contribution in [3.8, 4) is 0 Å². The van der Waals surface area contributed by atoms with E-state index in [4.69, 9.17) is 4.74 Å². The Balaban J connectivity index is 1.83. The van der Waals surface area contributed by atoms with Crippen LogP contribution in [0.25, 0.3) is 0 Å². The summed E-state index contributed by atoms with van der Waals surface area (Å²) in [5.41, 5.74) is 1.14. The van der Waals surface area contributed by atoms with Gasteiger partial charge in [-0.15, -0.1) is 0 Å². The molecule has 2 aliphatic heterocycles. The molecule has 0 aromatic rings. The summed E-state index contributed by atoms with van der Waals surface area (Å²) in [7, 11) is 0. The average Bonchev–Trinajstić information content (AvgIpc) is 2.24. The molecule has 0 unspecified atom stereocenters. The van der Waals surface area contributed by atoms with Gasteiger partial charge < -0.3 is 20.5 Å². The Kier molecular flexibility index (Phi) is 3.81. The fraction of sp³-hybridized carbons (Fsp3) is 0.750. The van der Waals surface area contributed by atoms with Crippen molar-refractivity contribution in [1.29, 1.82) is 0 Å². The lowest BCUT2D eigenvalue weighted by molar-refractivity contribution is -0.120. The second-order valence-corrected chi connectivity index (χ2v) is 4.85. The first-order valence-corrected chi connectivity index (χ1v) is 6.08. The van der Waals surface area contributed by atoms with Gasteiger partial charge in [-0.25, -0.2) is 0 Å². The number of nitrogens with one attached hydrogen (secondary N) is 2. The summed E-state index contributed by atoms with van der Waals surface area (Å²) in [4.78, 5) is 11.8. The molecule has 2 fully saturated rings. The molecule has 2 aliphatic rings. The molecule has 5 heteroatoms. The van der Waals surface area contributed by atoms with Crippen LogP contribution in [0, 0.1) is 0 Å². The Morgan fingerprint density at radius 3 is 2.65 bits per heavy atom. The summed E-state index contributed by atoms with van der Waals surface area (Å²) in [6.45, 7) is 4.88. The van der Waals surface area contributed by atoms with Crippen LogP contribution in [0.3, 0.4) is 0 Å². The molecule has 2 rings (SSSR count). The summed E-state index contributed by atoms with van der Waals surface area (Å²) >= 11 is 0. The number of aliphatic hydroxyl groups is 1. The molecule has 0 aromatic heterocycles. The van der Waals surface area contributed by atoms with Gasteiger partial charge in [0.25, 0.3) is 0 Å². The van der Waals surface area contributed by atoms with E-state index < -0.39 is 5.60 Å². The zero-order valence-corrected chi connectivity index (χ0v) is 10.2. The summed E-state index contributed by atoms with van der Waals surface area (Å²) in [6.07, 6.45) is 1.18. The molecule has 0 saturated carbocycles. The average molecular weight is 240 g/mol. The number of carbonyl (C=O) groups is 1. The first-order chi connectivity index (χ1) is 8.11. The molecule has 0 bridgehead atoms. The van der Waals surface area contributed by atoms with Crippen LogP contribution in [0.5, 0.6) is 0 Å². The third kappa shape index (κ3) is 3.06. The third-order valence-corrected chi connectivity index (χ3v) is 3.55. The van der Waals surface area contributed by atoms with Crippen LogP contribution in [0.15, 0.2) is 11.1 Å². The number of ether oxygens (including phenoxy) is 1. The summed E-state index contributed by atoms with van der Waals surface area (Å²) in [5.74, 6) is -0.0681. The molecule has 17 heavy (non-hydrogen) atoms. The zero-order valence-electron chi connectivity index (χ0n) is 10.2. The maximum atomic E-state index is 11.8. The quantitative estimate of drug-likeness (QED) is 0.585. The second kappa shape index (κ2) is 5.16. The highest BCUT2D eigenvalue weighted by molar-refractivity contribution is 5.94. The van der Waals surface area contributed by atoms with Crippen molar-refractivity contribution in [2.24, 2.45) is 0 Å². The smallest absolute Gasteiger partial charge is 0.247 e. The fourth-order valence-corrected chi connectivity index (χ4v) is 1.98. The van der Waals surface area contributed by atoms with Crippen LogP contribution in [0.2, 0.25) is 0 Å². The van der Waals surface area contributed by atoms with E-state index in [-0.39, 0.29) is 5.91 Å². The highest BCUT2D eigenvalue weighted by Gasteiger charge is 2.30. The molecule has 5 nitrogen and oxygen atoms in total.